The molecule has 2 amide bonds. The largest absolute Gasteiger partial charge is 0.347 e. The maximum Gasteiger partial charge on any atom is 0.272 e. The third-order valence-corrected chi connectivity index (χ3v) is 4.09. The zero-order chi connectivity index (χ0) is 20.1. The molecule has 0 aliphatic carbocycles. The van der Waals surface area contributed by atoms with Crippen LogP contribution in [0, 0.1) is 11.7 Å². The van der Waals surface area contributed by atoms with Crippen LogP contribution >= 0.6 is 0 Å². The van der Waals surface area contributed by atoms with E-state index >= 15 is 0 Å². The Labute approximate surface area is 162 Å². The van der Waals surface area contributed by atoms with Crippen molar-refractivity contribution in [3.63, 3.8) is 0 Å². The van der Waals surface area contributed by atoms with Crippen molar-refractivity contribution in [1.29, 1.82) is 0 Å². The maximum atomic E-state index is 13.3. The van der Waals surface area contributed by atoms with Crippen LogP contribution in [0.5, 0.6) is 0 Å². The van der Waals surface area contributed by atoms with Crippen LogP contribution in [0.25, 0.3) is 5.69 Å². The summed E-state index contributed by atoms with van der Waals surface area (Å²) in [6.45, 7) is 3.98. The molecule has 0 saturated heterocycles. The molecule has 0 saturated carbocycles. The number of nitrogens with zero attached hydrogens (tertiary/aromatic N) is 2. The number of anilines is 1. The fraction of sp³-hybridized carbons (Fsp3) is 0.190. The normalized spacial score (nSPS) is 10.7. The van der Waals surface area contributed by atoms with Gasteiger partial charge >= 0.3 is 0 Å². The lowest BCUT2D eigenvalue weighted by Gasteiger charge is -2.09. The van der Waals surface area contributed by atoms with E-state index in [2.05, 4.69) is 15.7 Å². The minimum Gasteiger partial charge on any atom is -0.347 e. The number of halogens is 1. The molecule has 7 heteroatoms. The van der Waals surface area contributed by atoms with E-state index < -0.39 is 0 Å². The van der Waals surface area contributed by atoms with Crippen LogP contribution in [0.2, 0.25) is 0 Å². The van der Waals surface area contributed by atoms with Crippen molar-refractivity contribution in [1.82, 2.24) is 15.1 Å². The SMILES string of the molecule is CC(C)C(=O)Nc1ccc(CNC(=O)c2ccn(-c3cccc(F)c3)n2)cc1. The summed E-state index contributed by atoms with van der Waals surface area (Å²) >= 11 is 0. The predicted molar refractivity (Wildman–Crippen MR) is 105 cm³/mol. The third-order valence-electron chi connectivity index (χ3n) is 4.09. The van der Waals surface area contributed by atoms with E-state index in [0.29, 0.717) is 17.9 Å². The van der Waals surface area contributed by atoms with Gasteiger partial charge in [0.2, 0.25) is 5.91 Å². The second-order valence-corrected chi connectivity index (χ2v) is 6.65. The van der Waals surface area contributed by atoms with Gasteiger partial charge in [-0.15, -0.1) is 0 Å². The lowest BCUT2D eigenvalue weighted by atomic mass is 10.1. The lowest BCUT2D eigenvalue weighted by molar-refractivity contribution is -0.118. The van der Waals surface area contributed by atoms with Gasteiger partial charge in [-0.05, 0) is 42.0 Å². The van der Waals surface area contributed by atoms with Crippen molar-refractivity contribution >= 4 is 17.5 Å². The highest BCUT2D eigenvalue weighted by Crippen LogP contribution is 2.12. The molecule has 0 aliphatic rings. The highest BCUT2D eigenvalue weighted by atomic mass is 19.1. The van der Waals surface area contributed by atoms with Gasteiger partial charge in [0, 0.05) is 24.3 Å². The molecular weight excluding hydrogens is 359 g/mol. The van der Waals surface area contributed by atoms with Crippen molar-refractivity contribution in [2.75, 3.05) is 5.32 Å². The number of hydrogen-bond acceptors (Lipinski definition) is 3. The van der Waals surface area contributed by atoms with Gasteiger partial charge in [0.15, 0.2) is 5.69 Å². The fourth-order valence-corrected chi connectivity index (χ4v) is 2.47. The summed E-state index contributed by atoms with van der Waals surface area (Å²) in [5, 5.41) is 9.80. The number of hydrogen-bond donors (Lipinski definition) is 2. The van der Waals surface area contributed by atoms with Gasteiger partial charge in [-0.25, -0.2) is 9.07 Å². The highest BCUT2D eigenvalue weighted by Gasteiger charge is 2.11. The Kier molecular flexibility index (Phi) is 5.84. The first kappa shape index (κ1) is 19.3. The van der Waals surface area contributed by atoms with E-state index in [1.807, 2.05) is 26.0 Å². The van der Waals surface area contributed by atoms with E-state index in [-0.39, 0.29) is 29.2 Å². The number of nitrogens with one attached hydrogen (secondary N) is 2. The van der Waals surface area contributed by atoms with Gasteiger partial charge in [0.1, 0.15) is 5.82 Å². The van der Waals surface area contributed by atoms with Crippen LogP contribution in [-0.4, -0.2) is 21.6 Å². The molecule has 0 atom stereocenters. The van der Waals surface area contributed by atoms with E-state index in [1.165, 1.54) is 16.8 Å². The van der Waals surface area contributed by atoms with Gasteiger partial charge in [-0.3, -0.25) is 9.59 Å². The molecule has 3 aromatic rings. The van der Waals surface area contributed by atoms with Crippen LogP contribution < -0.4 is 10.6 Å². The molecule has 0 bridgehead atoms. The first-order valence-electron chi connectivity index (χ1n) is 8.92. The molecule has 2 aromatic carbocycles. The van der Waals surface area contributed by atoms with Crippen LogP contribution in [0.3, 0.4) is 0 Å². The number of carbonyl (C=O) groups excluding carboxylic acids is 2. The number of benzene rings is 2. The molecule has 28 heavy (non-hydrogen) atoms. The van der Waals surface area contributed by atoms with E-state index in [1.54, 1.807) is 36.5 Å². The highest BCUT2D eigenvalue weighted by molar-refractivity contribution is 5.92. The molecule has 0 spiro atoms. The molecule has 0 fully saturated rings. The zero-order valence-electron chi connectivity index (χ0n) is 15.6. The smallest absolute Gasteiger partial charge is 0.272 e. The van der Waals surface area contributed by atoms with Gasteiger partial charge in [-0.2, -0.15) is 5.10 Å². The lowest BCUT2D eigenvalue weighted by Crippen LogP contribution is -2.23. The quantitative estimate of drug-likeness (QED) is 0.687. The molecule has 2 N–H and O–H groups in total. The summed E-state index contributed by atoms with van der Waals surface area (Å²) in [6, 6.07) is 14.8. The summed E-state index contributed by atoms with van der Waals surface area (Å²) in [6.07, 6.45) is 1.61. The summed E-state index contributed by atoms with van der Waals surface area (Å²) in [5.74, 6) is -0.833. The Morgan fingerprint density at radius 2 is 1.86 bits per heavy atom. The van der Waals surface area contributed by atoms with Crippen LogP contribution in [0.4, 0.5) is 10.1 Å². The first-order valence-corrected chi connectivity index (χ1v) is 8.92. The average Bonchev–Trinajstić information content (AvgIpc) is 3.17. The second-order valence-electron chi connectivity index (χ2n) is 6.65. The zero-order valence-corrected chi connectivity index (χ0v) is 15.6. The summed E-state index contributed by atoms with van der Waals surface area (Å²) < 4.78 is 14.8. The molecule has 1 heterocycles. The predicted octanol–water partition coefficient (Wildman–Crippen LogP) is 3.54. The van der Waals surface area contributed by atoms with Crippen molar-refractivity contribution in [3.05, 3.63) is 77.9 Å². The summed E-state index contributed by atoms with van der Waals surface area (Å²) in [4.78, 5) is 24.0. The number of aromatic nitrogens is 2. The van der Waals surface area contributed by atoms with Crippen molar-refractivity contribution in [3.8, 4) is 5.69 Å². The van der Waals surface area contributed by atoms with E-state index in [4.69, 9.17) is 0 Å². The van der Waals surface area contributed by atoms with E-state index in [9.17, 15) is 14.0 Å². The summed E-state index contributed by atoms with van der Waals surface area (Å²) in [5.41, 5.74) is 2.38. The number of amides is 2. The van der Waals surface area contributed by atoms with Crippen LogP contribution in [0.15, 0.2) is 60.8 Å². The molecule has 0 aliphatic heterocycles. The topological polar surface area (TPSA) is 76.0 Å². The van der Waals surface area contributed by atoms with Crippen LogP contribution in [-0.2, 0) is 11.3 Å². The van der Waals surface area contributed by atoms with Gasteiger partial charge in [-0.1, -0.05) is 32.0 Å². The molecule has 6 nitrogen and oxygen atoms in total. The molecule has 144 valence electrons. The molecule has 0 unspecified atom stereocenters. The molecule has 1 aromatic heterocycles. The van der Waals surface area contributed by atoms with Gasteiger partial charge in [0.05, 0.1) is 5.69 Å². The Balaban J connectivity index is 1.58. The first-order chi connectivity index (χ1) is 13.4. The van der Waals surface area contributed by atoms with Crippen molar-refractivity contribution in [2.45, 2.75) is 20.4 Å². The Morgan fingerprint density at radius 3 is 2.54 bits per heavy atom. The average molecular weight is 380 g/mol. The molecule has 0 radical (unpaired) electrons. The minimum atomic E-state index is -0.368. The maximum absolute atomic E-state index is 13.3. The van der Waals surface area contributed by atoms with Gasteiger partial charge in [0.25, 0.3) is 5.91 Å². The monoisotopic (exact) mass is 380 g/mol. The van der Waals surface area contributed by atoms with Crippen molar-refractivity contribution < 1.29 is 14.0 Å². The number of rotatable bonds is 6. The van der Waals surface area contributed by atoms with Crippen molar-refractivity contribution in [2.24, 2.45) is 5.92 Å². The van der Waals surface area contributed by atoms with Crippen LogP contribution in [0.1, 0.15) is 29.9 Å². The third kappa shape index (κ3) is 4.82. The Hall–Kier alpha value is -3.48. The minimum absolute atomic E-state index is 0.0464. The number of carbonyl (C=O) groups is 2. The molecule has 3 rings (SSSR count). The Bertz CT molecular complexity index is 980. The second kappa shape index (κ2) is 8.47. The Morgan fingerprint density at radius 1 is 1.11 bits per heavy atom. The fourth-order valence-electron chi connectivity index (χ4n) is 2.47. The van der Waals surface area contributed by atoms with Gasteiger partial charge < -0.3 is 10.6 Å². The summed E-state index contributed by atoms with van der Waals surface area (Å²) in [7, 11) is 0. The standard InChI is InChI=1S/C21H21FN4O2/c1-14(2)20(27)24-17-8-6-15(7-9-17)13-23-21(28)19-10-11-26(25-19)18-5-3-4-16(22)12-18/h3-12,14H,13H2,1-2H3,(H,23,28)(H,24,27). The van der Waals surface area contributed by atoms with E-state index in [0.717, 1.165) is 5.56 Å². The molecular formula is C21H21FN4O2.